The number of carbonyl (C=O) groups excluding carboxylic acids is 1. The Kier molecular flexibility index (Phi) is 4.97. The van der Waals surface area contributed by atoms with Gasteiger partial charge in [0, 0.05) is 23.5 Å². The normalized spacial score (nSPS) is 12.6. The number of alkyl halides is 3. The highest BCUT2D eigenvalue weighted by atomic mass is 19.4. The van der Waals surface area contributed by atoms with Gasteiger partial charge in [-0.25, -0.2) is 9.78 Å². The lowest BCUT2D eigenvalue weighted by Gasteiger charge is -2.13. The largest absolute Gasteiger partial charge is 0.479 e. The Hall–Kier alpha value is -4.08. The van der Waals surface area contributed by atoms with E-state index in [1.54, 1.807) is 18.2 Å². The summed E-state index contributed by atoms with van der Waals surface area (Å²) in [4.78, 5) is 28.1. The molecule has 158 valence electrons. The number of pyridine rings is 1. The number of aliphatic carboxylic acids is 1. The number of aromatic nitrogens is 2. The number of hydrogen-bond donors (Lipinski definition) is 2. The fraction of sp³-hybridized carbons (Fsp3) is 0.0952. The number of imidazole rings is 1. The third-order valence-corrected chi connectivity index (χ3v) is 4.60. The quantitative estimate of drug-likeness (QED) is 0.496. The van der Waals surface area contributed by atoms with Gasteiger partial charge in [-0.3, -0.25) is 4.79 Å². The van der Waals surface area contributed by atoms with Crippen molar-refractivity contribution in [2.75, 3.05) is 0 Å². The zero-order valence-electron chi connectivity index (χ0n) is 15.6. The molecule has 2 N–H and O–H groups in total. The van der Waals surface area contributed by atoms with Crippen molar-refractivity contribution in [1.29, 1.82) is 0 Å². The third kappa shape index (κ3) is 4.00. The molecular weight excluding hydrogens is 415 g/mol. The molecule has 1 unspecified atom stereocenters. The predicted molar refractivity (Wildman–Crippen MR) is 102 cm³/mol. The number of hydrogen-bond acceptors (Lipinski definition) is 4. The van der Waals surface area contributed by atoms with Crippen LogP contribution in [0.3, 0.4) is 0 Å². The van der Waals surface area contributed by atoms with E-state index in [1.807, 2.05) is 0 Å². The summed E-state index contributed by atoms with van der Waals surface area (Å²) < 4.78 is 46.9. The van der Waals surface area contributed by atoms with Crippen LogP contribution < -0.4 is 5.32 Å². The molecule has 0 saturated carbocycles. The summed E-state index contributed by atoms with van der Waals surface area (Å²) in [6, 6.07) is 8.96. The average Bonchev–Trinajstić information content (AvgIpc) is 3.40. The Balaban J connectivity index is 1.74. The highest BCUT2D eigenvalue weighted by Crippen LogP contribution is 2.35. The maximum absolute atomic E-state index is 13.6. The molecule has 0 spiro atoms. The molecule has 4 aromatic rings. The SMILES string of the molecule is O=C(NC(C(=O)O)c1ccccc1)c1cn2cc(-c3ccoc3)cc(C(F)(F)F)c2n1. The number of rotatable bonds is 5. The van der Waals surface area contributed by atoms with Gasteiger partial charge in [0.2, 0.25) is 0 Å². The molecule has 3 aromatic heterocycles. The summed E-state index contributed by atoms with van der Waals surface area (Å²) in [6.07, 6.45) is 0.393. The van der Waals surface area contributed by atoms with Gasteiger partial charge in [-0.05, 0) is 17.7 Å². The van der Waals surface area contributed by atoms with E-state index in [4.69, 9.17) is 4.42 Å². The molecule has 0 bridgehead atoms. The molecule has 0 aliphatic heterocycles. The molecule has 1 atom stereocenters. The lowest BCUT2D eigenvalue weighted by molar-refractivity contribution is -0.139. The molecule has 0 aliphatic rings. The van der Waals surface area contributed by atoms with Gasteiger partial charge in [-0.2, -0.15) is 13.2 Å². The number of fused-ring (bicyclic) bond motifs is 1. The van der Waals surface area contributed by atoms with Gasteiger partial charge in [0.05, 0.1) is 18.1 Å². The van der Waals surface area contributed by atoms with Crippen molar-refractivity contribution in [1.82, 2.24) is 14.7 Å². The Morgan fingerprint density at radius 1 is 1.10 bits per heavy atom. The zero-order valence-corrected chi connectivity index (χ0v) is 15.6. The van der Waals surface area contributed by atoms with Crippen LogP contribution in [0.15, 0.2) is 71.8 Å². The predicted octanol–water partition coefficient (Wildman–Crippen LogP) is 4.17. The highest BCUT2D eigenvalue weighted by molar-refractivity contribution is 5.96. The van der Waals surface area contributed by atoms with Crippen LogP contribution >= 0.6 is 0 Å². The molecule has 0 saturated heterocycles. The molecule has 3 heterocycles. The minimum Gasteiger partial charge on any atom is -0.479 e. The summed E-state index contributed by atoms with van der Waals surface area (Å²) >= 11 is 0. The Morgan fingerprint density at radius 3 is 2.45 bits per heavy atom. The summed E-state index contributed by atoms with van der Waals surface area (Å²) in [5.74, 6) is -2.24. The number of carboxylic acid groups (broad SMARTS) is 1. The van der Waals surface area contributed by atoms with E-state index in [9.17, 15) is 27.9 Å². The van der Waals surface area contributed by atoms with Crippen molar-refractivity contribution < 1.29 is 32.3 Å². The fourth-order valence-electron chi connectivity index (χ4n) is 3.14. The first-order chi connectivity index (χ1) is 14.7. The van der Waals surface area contributed by atoms with Gasteiger partial charge in [-0.15, -0.1) is 0 Å². The molecule has 0 aliphatic carbocycles. The number of nitrogens with zero attached hydrogens (tertiary/aromatic N) is 2. The molecule has 1 aromatic carbocycles. The first kappa shape index (κ1) is 20.2. The summed E-state index contributed by atoms with van der Waals surface area (Å²) in [5.41, 5.74) is -0.922. The van der Waals surface area contributed by atoms with E-state index in [-0.39, 0.29) is 11.3 Å². The van der Waals surface area contributed by atoms with Crippen molar-refractivity contribution in [2.24, 2.45) is 0 Å². The van der Waals surface area contributed by atoms with E-state index >= 15 is 0 Å². The Bertz CT molecular complexity index is 1250. The lowest BCUT2D eigenvalue weighted by Crippen LogP contribution is -2.33. The van der Waals surface area contributed by atoms with Crippen molar-refractivity contribution in [3.05, 3.63) is 84.2 Å². The summed E-state index contributed by atoms with van der Waals surface area (Å²) in [6.45, 7) is 0. The molecule has 10 heteroatoms. The maximum atomic E-state index is 13.6. The van der Waals surface area contributed by atoms with E-state index < -0.39 is 35.3 Å². The number of carbonyl (C=O) groups is 2. The topological polar surface area (TPSA) is 96.8 Å². The third-order valence-electron chi connectivity index (χ3n) is 4.60. The van der Waals surface area contributed by atoms with Crippen LogP contribution in [-0.4, -0.2) is 26.4 Å². The number of carboxylic acids is 1. The van der Waals surface area contributed by atoms with Crippen LogP contribution in [0.2, 0.25) is 0 Å². The molecule has 4 rings (SSSR count). The minimum absolute atomic E-state index is 0.214. The second-order valence-corrected chi connectivity index (χ2v) is 6.66. The van der Waals surface area contributed by atoms with E-state index in [0.717, 1.165) is 16.7 Å². The van der Waals surface area contributed by atoms with Gasteiger partial charge in [0.15, 0.2) is 6.04 Å². The van der Waals surface area contributed by atoms with E-state index in [0.29, 0.717) is 11.1 Å². The molecule has 1 amide bonds. The smallest absolute Gasteiger partial charge is 0.420 e. The summed E-state index contributed by atoms with van der Waals surface area (Å²) in [7, 11) is 0. The fourth-order valence-corrected chi connectivity index (χ4v) is 3.14. The zero-order chi connectivity index (χ0) is 22.2. The monoisotopic (exact) mass is 429 g/mol. The van der Waals surface area contributed by atoms with Crippen molar-refractivity contribution in [2.45, 2.75) is 12.2 Å². The van der Waals surface area contributed by atoms with Crippen LogP contribution in [0, 0.1) is 0 Å². The average molecular weight is 429 g/mol. The van der Waals surface area contributed by atoms with Gasteiger partial charge in [-0.1, -0.05) is 30.3 Å². The molecule has 7 nitrogen and oxygen atoms in total. The van der Waals surface area contributed by atoms with Crippen LogP contribution in [0.1, 0.15) is 27.7 Å². The van der Waals surface area contributed by atoms with Gasteiger partial charge >= 0.3 is 12.1 Å². The first-order valence-corrected chi connectivity index (χ1v) is 8.95. The van der Waals surface area contributed by atoms with Crippen LogP contribution in [-0.2, 0) is 11.0 Å². The van der Waals surface area contributed by atoms with E-state index in [1.165, 1.54) is 36.9 Å². The maximum Gasteiger partial charge on any atom is 0.420 e. The van der Waals surface area contributed by atoms with Crippen LogP contribution in [0.4, 0.5) is 13.2 Å². The highest BCUT2D eigenvalue weighted by Gasteiger charge is 2.35. The number of furan rings is 1. The number of benzene rings is 1. The van der Waals surface area contributed by atoms with E-state index in [2.05, 4.69) is 10.3 Å². The summed E-state index contributed by atoms with van der Waals surface area (Å²) in [5, 5.41) is 11.8. The number of nitrogens with one attached hydrogen (secondary N) is 1. The van der Waals surface area contributed by atoms with Crippen LogP contribution in [0.25, 0.3) is 16.8 Å². The van der Waals surface area contributed by atoms with Gasteiger partial charge in [0.25, 0.3) is 5.91 Å². The first-order valence-electron chi connectivity index (χ1n) is 8.95. The van der Waals surface area contributed by atoms with Crippen molar-refractivity contribution in [3.8, 4) is 11.1 Å². The minimum atomic E-state index is -4.73. The Morgan fingerprint density at radius 2 is 1.84 bits per heavy atom. The lowest BCUT2D eigenvalue weighted by atomic mass is 10.1. The van der Waals surface area contributed by atoms with Crippen molar-refractivity contribution in [3.63, 3.8) is 0 Å². The van der Waals surface area contributed by atoms with Gasteiger partial charge < -0.3 is 19.2 Å². The molecule has 31 heavy (non-hydrogen) atoms. The Labute approximate surface area is 172 Å². The molecule has 0 fully saturated rings. The molecule has 0 radical (unpaired) electrons. The second-order valence-electron chi connectivity index (χ2n) is 6.66. The van der Waals surface area contributed by atoms with Gasteiger partial charge in [0.1, 0.15) is 11.3 Å². The standard InChI is InChI=1S/C21H14F3N3O4/c22-21(23,24)15-8-14(13-6-7-31-11-13)9-27-10-16(25-18(15)27)19(28)26-17(20(29)30)12-4-2-1-3-5-12/h1-11,17H,(H,26,28)(H,29,30). The number of halogens is 3. The van der Waals surface area contributed by atoms with Crippen LogP contribution in [0.5, 0.6) is 0 Å². The second kappa shape index (κ2) is 7.63. The molecular formula is C21H14F3N3O4. The van der Waals surface area contributed by atoms with Crippen molar-refractivity contribution >= 4 is 17.5 Å². The number of amides is 1.